The highest BCUT2D eigenvalue weighted by molar-refractivity contribution is 9.10. The summed E-state index contributed by atoms with van der Waals surface area (Å²) in [6, 6.07) is 6.03. The molecule has 2 fully saturated rings. The molecule has 21 heavy (non-hydrogen) atoms. The molecule has 1 spiro atoms. The molecule has 0 bridgehead atoms. The van der Waals surface area contributed by atoms with Crippen LogP contribution in [0.1, 0.15) is 48.0 Å². The second-order valence-corrected chi connectivity index (χ2v) is 7.26. The topological polar surface area (TPSA) is 32.3 Å². The van der Waals surface area contributed by atoms with Gasteiger partial charge in [-0.3, -0.25) is 4.79 Å². The Morgan fingerprint density at radius 2 is 2.05 bits per heavy atom. The zero-order chi connectivity index (χ0) is 14.9. The van der Waals surface area contributed by atoms with E-state index in [4.69, 9.17) is 0 Å². The van der Waals surface area contributed by atoms with Crippen LogP contribution in [0.5, 0.6) is 0 Å². The Bertz CT molecular complexity index is 529. The number of nitrogens with zero attached hydrogens (tertiary/aromatic N) is 1. The predicted octanol–water partition coefficient (Wildman–Crippen LogP) is 3.51. The van der Waals surface area contributed by atoms with Crippen LogP contribution < -0.4 is 5.32 Å². The first kappa shape index (κ1) is 15.0. The predicted molar refractivity (Wildman–Crippen MR) is 88.6 cm³/mol. The van der Waals surface area contributed by atoms with Gasteiger partial charge in [-0.2, -0.15) is 0 Å². The van der Waals surface area contributed by atoms with Crippen molar-refractivity contribution in [2.45, 2.75) is 44.6 Å². The van der Waals surface area contributed by atoms with E-state index in [9.17, 15) is 4.79 Å². The third kappa shape index (κ3) is 2.88. The number of hydrogen-bond donors (Lipinski definition) is 1. The maximum atomic E-state index is 13.1. The first-order chi connectivity index (χ1) is 10.1. The fourth-order valence-electron chi connectivity index (χ4n) is 3.77. The van der Waals surface area contributed by atoms with Gasteiger partial charge in [-0.1, -0.05) is 30.9 Å². The van der Waals surface area contributed by atoms with Gasteiger partial charge >= 0.3 is 0 Å². The number of nitrogens with one attached hydrogen (secondary N) is 1. The molecule has 1 N–H and O–H groups in total. The van der Waals surface area contributed by atoms with Crippen molar-refractivity contribution in [3.05, 3.63) is 33.8 Å². The van der Waals surface area contributed by atoms with Crippen molar-refractivity contribution in [1.82, 2.24) is 10.2 Å². The van der Waals surface area contributed by atoms with E-state index >= 15 is 0 Å². The summed E-state index contributed by atoms with van der Waals surface area (Å²) in [5, 5.41) is 3.50. The summed E-state index contributed by atoms with van der Waals surface area (Å²) in [5.41, 5.74) is 1.98. The molecular weight excluding hydrogens is 328 g/mol. The van der Waals surface area contributed by atoms with Crippen molar-refractivity contribution >= 4 is 21.8 Å². The van der Waals surface area contributed by atoms with Crippen LogP contribution in [0.3, 0.4) is 0 Å². The Kier molecular flexibility index (Phi) is 4.36. The summed E-state index contributed by atoms with van der Waals surface area (Å²) >= 11 is 3.55. The molecule has 1 saturated carbocycles. The zero-order valence-electron chi connectivity index (χ0n) is 12.6. The van der Waals surface area contributed by atoms with E-state index in [2.05, 4.69) is 26.1 Å². The van der Waals surface area contributed by atoms with Gasteiger partial charge in [0.25, 0.3) is 5.91 Å². The van der Waals surface area contributed by atoms with Crippen molar-refractivity contribution in [2.75, 3.05) is 19.6 Å². The van der Waals surface area contributed by atoms with E-state index in [1.165, 1.54) is 19.3 Å². The number of carbonyl (C=O) groups excluding carboxylic acids is 1. The molecule has 4 heteroatoms. The van der Waals surface area contributed by atoms with E-state index in [1.807, 2.05) is 25.1 Å². The van der Waals surface area contributed by atoms with Gasteiger partial charge in [0.1, 0.15) is 0 Å². The third-order valence-corrected chi connectivity index (χ3v) is 5.61. The quantitative estimate of drug-likeness (QED) is 0.840. The molecule has 1 aliphatic heterocycles. The summed E-state index contributed by atoms with van der Waals surface area (Å²) < 4.78 is 0.905. The fraction of sp³-hybridized carbons (Fsp3) is 0.588. The van der Waals surface area contributed by atoms with Crippen LogP contribution in [0.4, 0.5) is 0 Å². The van der Waals surface area contributed by atoms with Gasteiger partial charge in [-0.15, -0.1) is 0 Å². The largest absolute Gasteiger partial charge is 0.330 e. The second-order valence-electron chi connectivity index (χ2n) is 6.40. The van der Waals surface area contributed by atoms with Crippen LogP contribution in [0.25, 0.3) is 0 Å². The van der Waals surface area contributed by atoms with Crippen molar-refractivity contribution in [3.8, 4) is 0 Å². The molecule has 3 nitrogen and oxygen atoms in total. The van der Waals surface area contributed by atoms with Crippen molar-refractivity contribution in [1.29, 1.82) is 0 Å². The fourth-order valence-corrected chi connectivity index (χ4v) is 4.18. The minimum atomic E-state index is 0.0385. The first-order valence-electron chi connectivity index (χ1n) is 7.91. The minimum absolute atomic E-state index is 0.0385. The SMILES string of the molecule is Cc1ccc(Br)c(C(=O)N2CCNCC23CCCCC3)c1. The molecule has 1 aromatic rings. The van der Waals surface area contributed by atoms with E-state index < -0.39 is 0 Å². The number of carbonyl (C=O) groups is 1. The van der Waals surface area contributed by atoms with Gasteiger partial charge in [-0.05, 0) is 47.8 Å². The number of hydrogen-bond acceptors (Lipinski definition) is 2. The van der Waals surface area contributed by atoms with E-state index in [1.54, 1.807) is 0 Å². The summed E-state index contributed by atoms with van der Waals surface area (Å²) in [7, 11) is 0. The summed E-state index contributed by atoms with van der Waals surface area (Å²) in [4.78, 5) is 15.3. The first-order valence-corrected chi connectivity index (χ1v) is 8.71. The average molecular weight is 351 g/mol. The molecule has 1 amide bonds. The number of halogens is 1. The minimum Gasteiger partial charge on any atom is -0.330 e. The summed E-state index contributed by atoms with van der Waals surface area (Å²) in [6.45, 7) is 4.70. The lowest BCUT2D eigenvalue weighted by molar-refractivity contribution is 0.0222. The number of amides is 1. The molecule has 0 atom stereocenters. The average Bonchev–Trinajstić information content (AvgIpc) is 2.50. The Hall–Kier alpha value is -0.870. The highest BCUT2D eigenvalue weighted by Crippen LogP contribution is 2.36. The molecular formula is C17H23BrN2O. The molecule has 3 rings (SSSR count). The molecule has 2 aliphatic rings. The molecule has 0 radical (unpaired) electrons. The second kappa shape index (κ2) is 6.09. The molecule has 0 aromatic heterocycles. The van der Waals surface area contributed by atoms with Crippen molar-refractivity contribution in [2.24, 2.45) is 0 Å². The molecule has 1 aliphatic carbocycles. The lowest BCUT2D eigenvalue weighted by atomic mass is 9.78. The van der Waals surface area contributed by atoms with Crippen LogP contribution in [-0.2, 0) is 0 Å². The van der Waals surface area contributed by atoms with Gasteiger partial charge in [0.15, 0.2) is 0 Å². The van der Waals surface area contributed by atoms with E-state index in [0.29, 0.717) is 0 Å². The number of benzene rings is 1. The number of aryl methyl sites for hydroxylation is 1. The molecule has 1 saturated heterocycles. The number of rotatable bonds is 1. The maximum absolute atomic E-state index is 13.1. The zero-order valence-corrected chi connectivity index (χ0v) is 14.2. The normalized spacial score (nSPS) is 21.5. The highest BCUT2D eigenvalue weighted by Gasteiger charge is 2.42. The monoisotopic (exact) mass is 350 g/mol. The Labute approximate surface area is 135 Å². The van der Waals surface area contributed by atoms with Gasteiger partial charge in [0, 0.05) is 24.1 Å². The Balaban J connectivity index is 1.92. The Morgan fingerprint density at radius 1 is 1.29 bits per heavy atom. The van der Waals surface area contributed by atoms with Gasteiger partial charge < -0.3 is 10.2 Å². The van der Waals surface area contributed by atoms with Gasteiger partial charge in [0.2, 0.25) is 0 Å². The van der Waals surface area contributed by atoms with E-state index in [0.717, 1.165) is 48.1 Å². The lowest BCUT2D eigenvalue weighted by Gasteiger charge is -2.50. The van der Waals surface area contributed by atoms with Crippen LogP contribution in [0, 0.1) is 6.92 Å². The molecule has 114 valence electrons. The van der Waals surface area contributed by atoms with Crippen LogP contribution in [0.2, 0.25) is 0 Å². The third-order valence-electron chi connectivity index (χ3n) is 4.92. The van der Waals surface area contributed by atoms with Crippen molar-refractivity contribution in [3.63, 3.8) is 0 Å². The van der Waals surface area contributed by atoms with Crippen LogP contribution >= 0.6 is 15.9 Å². The summed E-state index contributed by atoms with van der Waals surface area (Å²) in [5.74, 6) is 0.189. The smallest absolute Gasteiger partial charge is 0.255 e. The van der Waals surface area contributed by atoms with Gasteiger partial charge in [-0.25, -0.2) is 0 Å². The molecule has 1 heterocycles. The summed E-state index contributed by atoms with van der Waals surface area (Å²) in [6.07, 6.45) is 6.04. The molecule has 0 unspecified atom stereocenters. The van der Waals surface area contributed by atoms with E-state index in [-0.39, 0.29) is 11.4 Å². The van der Waals surface area contributed by atoms with Gasteiger partial charge in [0.05, 0.1) is 11.1 Å². The van der Waals surface area contributed by atoms with Crippen LogP contribution in [-0.4, -0.2) is 36.0 Å². The Morgan fingerprint density at radius 3 is 2.81 bits per heavy atom. The highest BCUT2D eigenvalue weighted by atomic mass is 79.9. The molecule has 1 aromatic carbocycles. The lowest BCUT2D eigenvalue weighted by Crippen LogP contribution is -2.63. The van der Waals surface area contributed by atoms with Crippen LogP contribution in [0.15, 0.2) is 22.7 Å². The van der Waals surface area contributed by atoms with Crippen molar-refractivity contribution < 1.29 is 4.79 Å². The number of piperazine rings is 1. The maximum Gasteiger partial charge on any atom is 0.255 e. The standard InChI is InChI=1S/C17H23BrN2O/c1-13-5-6-15(18)14(11-13)16(21)20-10-9-19-12-17(20)7-3-2-4-8-17/h5-6,11,19H,2-4,7-10,12H2,1H3.